The topological polar surface area (TPSA) is 72.9 Å². The van der Waals surface area contributed by atoms with Gasteiger partial charge in [0, 0.05) is 31.3 Å². The number of hydrogen-bond acceptors (Lipinski definition) is 3. The molecule has 1 aliphatic rings. The number of carbonyl (C=O) groups is 1. The van der Waals surface area contributed by atoms with E-state index in [4.69, 9.17) is 5.73 Å². The van der Waals surface area contributed by atoms with Gasteiger partial charge < -0.3 is 11.1 Å². The van der Waals surface area contributed by atoms with Crippen molar-refractivity contribution in [3.63, 3.8) is 0 Å². The Labute approximate surface area is 114 Å². The van der Waals surface area contributed by atoms with Crippen molar-refractivity contribution in [1.82, 2.24) is 15.1 Å². The zero-order valence-corrected chi connectivity index (χ0v) is 11.9. The van der Waals surface area contributed by atoms with Gasteiger partial charge in [0.1, 0.15) is 0 Å². The summed E-state index contributed by atoms with van der Waals surface area (Å²) in [6, 6.07) is 0. The molecule has 0 aliphatic heterocycles. The molecule has 2 unspecified atom stereocenters. The lowest BCUT2D eigenvalue weighted by Gasteiger charge is -2.17. The predicted molar refractivity (Wildman–Crippen MR) is 74.3 cm³/mol. The van der Waals surface area contributed by atoms with Crippen LogP contribution < -0.4 is 11.1 Å². The number of aromatic nitrogens is 2. The van der Waals surface area contributed by atoms with E-state index in [1.54, 1.807) is 4.68 Å². The first-order valence-corrected chi connectivity index (χ1v) is 7.14. The van der Waals surface area contributed by atoms with E-state index in [9.17, 15) is 4.79 Å². The maximum Gasteiger partial charge on any atom is 0.223 e. The van der Waals surface area contributed by atoms with Gasteiger partial charge >= 0.3 is 0 Å². The summed E-state index contributed by atoms with van der Waals surface area (Å²) in [6.07, 6.45) is 6.05. The molecule has 5 heteroatoms. The minimum absolute atomic E-state index is 0.103. The van der Waals surface area contributed by atoms with Gasteiger partial charge in [0.25, 0.3) is 0 Å². The van der Waals surface area contributed by atoms with Gasteiger partial charge in [-0.05, 0) is 31.7 Å². The third-order valence-corrected chi connectivity index (χ3v) is 4.08. The van der Waals surface area contributed by atoms with Crippen molar-refractivity contribution in [2.45, 2.75) is 39.2 Å². The monoisotopic (exact) mass is 264 g/mol. The van der Waals surface area contributed by atoms with Crippen LogP contribution in [-0.4, -0.2) is 22.2 Å². The molecule has 5 nitrogen and oxygen atoms in total. The fourth-order valence-corrected chi connectivity index (χ4v) is 3.01. The van der Waals surface area contributed by atoms with Crippen molar-refractivity contribution in [3.8, 4) is 0 Å². The Morgan fingerprint density at radius 1 is 1.58 bits per heavy atom. The second-order valence-electron chi connectivity index (χ2n) is 5.38. The predicted octanol–water partition coefficient (Wildman–Crippen LogP) is 0.974. The number of amides is 1. The molecule has 19 heavy (non-hydrogen) atoms. The number of aryl methyl sites for hydroxylation is 2. The molecule has 1 aliphatic carbocycles. The van der Waals surface area contributed by atoms with Crippen LogP contribution in [0.5, 0.6) is 0 Å². The molecule has 0 saturated heterocycles. The average molecular weight is 264 g/mol. The Hall–Kier alpha value is -1.36. The number of nitrogens with two attached hydrogens (primary N) is 1. The van der Waals surface area contributed by atoms with Crippen LogP contribution in [0.4, 0.5) is 0 Å². The van der Waals surface area contributed by atoms with Crippen LogP contribution >= 0.6 is 0 Å². The molecule has 1 heterocycles. The summed E-state index contributed by atoms with van der Waals surface area (Å²) in [4.78, 5) is 12.2. The normalized spacial score (nSPS) is 22.7. The van der Waals surface area contributed by atoms with E-state index in [1.165, 1.54) is 0 Å². The lowest BCUT2D eigenvalue weighted by Crippen LogP contribution is -2.34. The summed E-state index contributed by atoms with van der Waals surface area (Å²) in [5, 5.41) is 7.43. The average Bonchev–Trinajstić information content (AvgIpc) is 3.01. The molecular formula is C14H24N4O. The molecule has 0 spiro atoms. The second-order valence-corrected chi connectivity index (χ2v) is 5.38. The summed E-state index contributed by atoms with van der Waals surface area (Å²) in [7, 11) is 1.91. The Morgan fingerprint density at radius 2 is 2.37 bits per heavy atom. The van der Waals surface area contributed by atoms with Crippen molar-refractivity contribution in [2.24, 2.45) is 24.6 Å². The number of rotatable bonds is 5. The van der Waals surface area contributed by atoms with E-state index in [0.717, 1.165) is 36.9 Å². The maximum atomic E-state index is 12.2. The van der Waals surface area contributed by atoms with Crippen LogP contribution in [0.15, 0.2) is 6.20 Å². The zero-order valence-electron chi connectivity index (χ0n) is 11.9. The Kier molecular flexibility index (Phi) is 4.58. The molecule has 2 rings (SSSR count). The quantitative estimate of drug-likeness (QED) is 0.832. The number of hydrogen-bond donors (Lipinski definition) is 2. The number of nitrogens with zero attached hydrogens (tertiary/aromatic N) is 2. The molecule has 0 radical (unpaired) electrons. The lowest BCUT2D eigenvalue weighted by molar-refractivity contribution is -0.126. The fourth-order valence-electron chi connectivity index (χ4n) is 3.01. The van der Waals surface area contributed by atoms with Crippen LogP contribution in [0, 0.1) is 11.8 Å². The Morgan fingerprint density at radius 3 is 3.05 bits per heavy atom. The third-order valence-electron chi connectivity index (χ3n) is 4.08. The number of carbonyl (C=O) groups excluding carboxylic acids is 1. The van der Waals surface area contributed by atoms with E-state index in [0.29, 0.717) is 19.0 Å². The molecule has 2 atom stereocenters. The van der Waals surface area contributed by atoms with Gasteiger partial charge in [-0.3, -0.25) is 9.48 Å². The van der Waals surface area contributed by atoms with Gasteiger partial charge in [0.15, 0.2) is 0 Å². The summed E-state index contributed by atoms with van der Waals surface area (Å²) in [5.41, 5.74) is 7.90. The van der Waals surface area contributed by atoms with Crippen molar-refractivity contribution in [2.75, 3.05) is 6.54 Å². The van der Waals surface area contributed by atoms with Crippen molar-refractivity contribution >= 4 is 5.91 Å². The highest BCUT2D eigenvalue weighted by Gasteiger charge is 2.31. The highest BCUT2D eigenvalue weighted by Crippen LogP contribution is 2.31. The molecule has 0 bridgehead atoms. The molecular weight excluding hydrogens is 240 g/mol. The van der Waals surface area contributed by atoms with Gasteiger partial charge in [-0.25, -0.2) is 0 Å². The molecule has 3 N–H and O–H groups in total. The highest BCUT2D eigenvalue weighted by molar-refractivity contribution is 5.79. The first-order chi connectivity index (χ1) is 9.15. The standard InChI is InChI=1S/C14H24N4O/c1-3-13-11(9-18(2)17-13)8-16-14(19)12-6-4-5-10(12)7-15/h9-10,12H,3-8,15H2,1-2H3,(H,16,19). The molecule has 1 aromatic rings. The van der Waals surface area contributed by atoms with E-state index in [-0.39, 0.29) is 11.8 Å². The zero-order chi connectivity index (χ0) is 13.8. The van der Waals surface area contributed by atoms with Crippen molar-refractivity contribution < 1.29 is 4.79 Å². The first kappa shape index (κ1) is 14.1. The van der Waals surface area contributed by atoms with Crippen LogP contribution in [0.2, 0.25) is 0 Å². The Bertz CT molecular complexity index is 441. The van der Waals surface area contributed by atoms with Gasteiger partial charge in [-0.2, -0.15) is 5.10 Å². The van der Waals surface area contributed by atoms with Crippen LogP contribution in [-0.2, 0) is 24.8 Å². The minimum Gasteiger partial charge on any atom is -0.352 e. The molecule has 0 aromatic carbocycles. The number of nitrogens with one attached hydrogen (secondary N) is 1. The van der Waals surface area contributed by atoms with E-state index < -0.39 is 0 Å². The van der Waals surface area contributed by atoms with Crippen LogP contribution in [0.1, 0.15) is 37.4 Å². The SMILES string of the molecule is CCc1nn(C)cc1CNC(=O)C1CCCC1CN. The molecule has 106 valence electrons. The highest BCUT2D eigenvalue weighted by atomic mass is 16.1. The van der Waals surface area contributed by atoms with Crippen LogP contribution in [0.3, 0.4) is 0 Å². The van der Waals surface area contributed by atoms with Gasteiger partial charge in [0.05, 0.1) is 5.69 Å². The largest absolute Gasteiger partial charge is 0.352 e. The summed E-state index contributed by atoms with van der Waals surface area (Å²) in [5.74, 6) is 0.616. The molecule has 1 saturated carbocycles. The lowest BCUT2D eigenvalue weighted by atomic mass is 9.95. The summed E-state index contributed by atoms with van der Waals surface area (Å²) >= 11 is 0. The van der Waals surface area contributed by atoms with Gasteiger partial charge in [-0.15, -0.1) is 0 Å². The molecule has 1 amide bonds. The smallest absolute Gasteiger partial charge is 0.223 e. The fraction of sp³-hybridized carbons (Fsp3) is 0.714. The second kappa shape index (κ2) is 6.19. The Balaban J connectivity index is 1.92. The third kappa shape index (κ3) is 3.15. The van der Waals surface area contributed by atoms with Crippen molar-refractivity contribution in [3.05, 3.63) is 17.5 Å². The van der Waals surface area contributed by atoms with Gasteiger partial charge in [0.2, 0.25) is 5.91 Å². The van der Waals surface area contributed by atoms with E-state index >= 15 is 0 Å². The van der Waals surface area contributed by atoms with Gasteiger partial charge in [-0.1, -0.05) is 13.3 Å². The van der Waals surface area contributed by atoms with Crippen molar-refractivity contribution in [1.29, 1.82) is 0 Å². The molecule has 1 fully saturated rings. The van der Waals surface area contributed by atoms with Crippen LogP contribution in [0.25, 0.3) is 0 Å². The maximum absolute atomic E-state index is 12.2. The van der Waals surface area contributed by atoms with E-state index in [2.05, 4.69) is 17.3 Å². The first-order valence-electron chi connectivity index (χ1n) is 7.14. The molecule has 1 aromatic heterocycles. The minimum atomic E-state index is 0.103. The van der Waals surface area contributed by atoms with E-state index in [1.807, 2.05) is 13.2 Å². The summed E-state index contributed by atoms with van der Waals surface area (Å²) < 4.78 is 1.80. The summed E-state index contributed by atoms with van der Waals surface area (Å²) in [6.45, 7) is 3.27.